The van der Waals surface area contributed by atoms with E-state index >= 15 is 0 Å². The molecule has 1 aromatic heterocycles. The van der Waals surface area contributed by atoms with Crippen LogP contribution in [0, 0.1) is 6.92 Å². The molecule has 0 saturated heterocycles. The van der Waals surface area contributed by atoms with E-state index < -0.39 is 0 Å². The highest BCUT2D eigenvalue weighted by molar-refractivity contribution is 5.28. The number of pyridine rings is 1. The topological polar surface area (TPSA) is 48.1 Å². The lowest BCUT2D eigenvalue weighted by atomic mass is 10.1. The van der Waals surface area contributed by atoms with E-state index in [1.807, 2.05) is 19.1 Å². The normalized spacial score (nSPS) is 17.8. The molecule has 17 heavy (non-hydrogen) atoms. The molecule has 3 nitrogen and oxygen atoms in total. The van der Waals surface area contributed by atoms with Gasteiger partial charge < -0.3 is 10.5 Å². The highest BCUT2D eigenvalue weighted by Crippen LogP contribution is 2.24. The molecule has 1 aromatic rings. The minimum absolute atomic E-state index is 0.331. The Balaban J connectivity index is 2.07. The van der Waals surface area contributed by atoms with Crippen molar-refractivity contribution in [1.29, 1.82) is 0 Å². The molecule has 0 unspecified atom stereocenters. The summed E-state index contributed by atoms with van der Waals surface area (Å²) in [6.45, 7) is 2.48. The average molecular weight is 234 g/mol. The quantitative estimate of drug-likeness (QED) is 0.818. The number of hydrogen-bond acceptors (Lipinski definition) is 3. The van der Waals surface area contributed by atoms with Crippen molar-refractivity contribution in [1.82, 2.24) is 4.98 Å². The third-order valence-electron chi connectivity index (χ3n) is 3.38. The zero-order valence-corrected chi connectivity index (χ0v) is 10.6. The Hall–Kier alpha value is -1.09. The van der Waals surface area contributed by atoms with E-state index in [2.05, 4.69) is 4.98 Å². The summed E-state index contributed by atoms with van der Waals surface area (Å²) in [4.78, 5) is 4.47. The van der Waals surface area contributed by atoms with E-state index in [-0.39, 0.29) is 0 Å². The maximum atomic E-state index is 6.05. The van der Waals surface area contributed by atoms with Crippen molar-refractivity contribution in [2.45, 2.75) is 58.1 Å². The summed E-state index contributed by atoms with van der Waals surface area (Å²) in [6, 6.07) is 4.01. The third-order valence-corrected chi connectivity index (χ3v) is 3.38. The summed E-state index contributed by atoms with van der Waals surface area (Å²) >= 11 is 0. The second-order valence-corrected chi connectivity index (χ2v) is 4.85. The molecule has 0 aliphatic heterocycles. The molecular weight excluding hydrogens is 212 g/mol. The van der Waals surface area contributed by atoms with E-state index in [1.54, 1.807) is 0 Å². The third kappa shape index (κ3) is 3.43. The van der Waals surface area contributed by atoms with E-state index in [9.17, 15) is 0 Å². The summed E-state index contributed by atoms with van der Waals surface area (Å²) in [5.41, 5.74) is 7.72. The van der Waals surface area contributed by atoms with Crippen molar-refractivity contribution in [2.24, 2.45) is 5.73 Å². The molecule has 3 heteroatoms. The molecule has 0 aromatic carbocycles. The second-order valence-electron chi connectivity index (χ2n) is 4.85. The van der Waals surface area contributed by atoms with E-state index in [1.165, 1.54) is 25.7 Å². The van der Waals surface area contributed by atoms with E-state index in [0.717, 1.165) is 30.0 Å². The van der Waals surface area contributed by atoms with Crippen molar-refractivity contribution in [3.8, 4) is 5.88 Å². The van der Waals surface area contributed by atoms with E-state index in [4.69, 9.17) is 10.5 Å². The van der Waals surface area contributed by atoms with Gasteiger partial charge in [-0.2, -0.15) is 0 Å². The van der Waals surface area contributed by atoms with Crippen molar-refractivity contribution >= 4 is 0 Å². The first-order valence-electron chi connectivity index (χ1n) is 6.63. The lowest BCUT2D eigenvalue weighted by molar-refractivity contribution is 0.174. The van der Waals surface area contributed by atoms with Gasteiger partial charge in [0.15, 0.2) is 0 Å². The fraction of sp³-hybridized carbons (Fsp3) is 0.643. The molecule has 1 heterocycles. The van der Waals surface area contributed by atoms with Gasteiger partial charge in [0.05, 0.1) is 0 Å². The minimum atomic E-state index is 0.331. The zero-order valence-electron chi connectivity index (χ0n) is 10.6. The van der Waals surface area contributed by atoms with E-state index in [0.29, 0.717) is 12.6 Å². The molecule has 1 fully saturated rings. The molecule has 1 aliphatic carbocycles. The standard InChI is InChI=1S/C14H22N2O/c1-11-8-9-12(10-15)14(16-11)17-13-6-4-2-3-5-7-13/h8-9,13H,2-7,10,15H2,1H3. The molecule has 1 saturated carbocycles. The molecule has 94 valence electrons. The Morgan fingerprint density at radius 1 is 1.24 bits per heavy atom. The van der Waals surface area contributed by atoms with Crippen molar-refractivity contribution in [2.75, 3.05) is 0 Å². The van der Waals surface area contributed by atoms with Crippen LogP contribution in [0.2, 0.25) is 0 Å². The van der Waals surface area contributed by atoms with Crippen LogP contribution in [0.4, 0.5) is 0 Å². The van der Waals surface area contributed by atoms with Gasteiger partial charge in [-0.1, -0.05) is 18.9 Å². The van der Waals surface area contributed by atoms with Gasteiger partial charge >= 0.3 is 0 Å². The van der Waals surface area contributed by atoms with Crippen molar-refractivity contribution in [3.63, 3.8) is 0 Å². The first-order valence-corrected chi connectivity index (χ1v) is 6.63. The molecule has 2 N–H and O–H groups in total. The molecule has 0 amide bonds. The Bertz CT molecular complexity index is 357. The summed E-state index contributed by atoms with van der Waals surface area (Å²) in [5, 5.41) is 0. The SMILES string of the molecule is Cc1ccc(CN)c(OC2CCCCCC2)n1. The van der Waals surface area contributed by atoms with Crippen molar-refractivity contribution < 1.29 is 4.74 Å². The first-order chi connectivity index (χ1) is 8.29. The Morgan fingerprint density at radius 2 is 1.94 bits per heavy atom. The lowest BCUT2D eigenvalue weighted by Crippen LogP contribution is -2.17. The van der Waals surface area contributed by atoms with Crippen LogP contribution >= 0.6 is 0 Å². The molecule has 0 radical (unpaired) electrons. The fourth-order valence-electron chi connectivity index (χ4n) is 2.34. The maximum Gasteiger partial charge on any atom is 0.218 e. The summed E-state index contributed by atoms with van der Waals surface area (Å²) < 4.78 is 6.05. The van der Waals surface area contributed by atoms with Gasteiger partial charge in [-0.05, 0) is 38.7 Å². The van der Waals surface area contributed by atoms with Crippen LogP contribution in [0.1, 0.15) is 49.8 Å². The number of rotatable bonds is 3. The number of aromatic nitrogens is 1. The highest BCUT2D eigenvalue weighted by Gasteiger charge is 2.16. The zero-order chi connectivity index (χ0) is 12.1. The first kappa shape index (κ1) is 12.4. The van der Waals surface area contributed by atoms with Crippen LogP contribution in [0.15, 0.2) is 12.1 Å². The fourth-order valence-corrected chi connectivity index (χ4v) is 2.34. The van der Waals surface area contributed by atoms with Crippen LogP contribution in [-0.4, -0.2) is 11.1 Å². The number of ether oxygens (including phenoxy) is 1. The van der Waals surface area contributed by atoms with Gasteiger partial charge in [0, 0.05) is 17.8 Å². The van der Waals surface area contributed by atoms with Crippen LogP contribution in [-0.2, 0) is 6.54 Å². The largest absolute Gasteiger partial charge is 0.474 e. The summed E-state index contributed by atoms with van der Waals surface area (Å²) in [7, 11) is 0. The van der Waals surface area contributed by atoms with Gasteiger partial charge in [0.2, 0.25) is 5.88 Å². The molecule has 1 aliphatic rings. The monoisotopic (exact) mass is 234 g/mol. The number of nitrogens with two attached hydrogens (primary N) is 1. The molecule has 0 atom stereocenters. The predicted octanol–water partition coefficient (Wildman–Crippen LogP) is 2.95. The predicted molar refractivity (Wildman–Crippen MR) is 69.0 cm³/mol. The Kier molecular flexibility index (Phi) is 4.37. The van der Waals surface area contributed by atoms with Crippen molar-refractivity contribution in [3.05, 3.63) is 23.4 Å². The van der Waals surface area contributed by atoms with Gasteiger partial charge in [0.25, 0.3) is 0 Å². The smallest absolute Gasteiger partial charge is 0.218 e. The number of aryl methyl sites for hydroxylation is 1. The lowest BCUT2D eigenvalue weighted by Gasteiger charge is -2.18. The summed E-state index contributed by atoms with van der Waals surface area (Å²) in [6.07, 6.45) is 7.86. The Morgan fingerprint density at radius 3 is 2.59 bits per heavy atom. The van der Waals surface area contributed by atoms with Gasteiger partial charge in [0.1, 0.15) is 6.10 Å². The van der Waals surface area contributed by atoms with Crippen LogP contribution in [0.5, 0.6) is 5.88 Å². The molecule has 0 spiro atoms. The maximum absolute atomic E-state index is 6.05. The molecular formula is C14H22N2O. The van der Waals surface area contributed by atoms with Gasteiger partial charge in [-0.15, -0.1) is 0 Å². The Labute approximate surface area is 103 Å². The minimum Gasteiger partial charge on any atom is -0.474 e. The van der Waals surface area contributed by atoms with Crippen LogP contribution in [0.25, 0.3) is 0 Å². The second kappa shape index (κ2) is 6.01. The molecule has 2 rings (SSSR count). The highest BCUT2D eigenvalue weighted by atomic mass is 16.5. The van der Waals surface area contributed by atoms with Crippen LogP contribution < -0.4 is 10.5 Å². The van der Waals surface area contributed by atoms with Gasteiger partial charge in [-0.25, -0.2) is 4.98 Å². The number of nitrogens with zero attached hydrogens (tertiary/aromatic N) is 1. The summed E-state index contributed by atoms with van der Waals surface area (Å²) in [5.74, 6) is 0.749. The van der Waals surface area contributed by atoms with Gasteiger partial charge in [-0.3, -0.25) is 0 Å². The number of hydrogen-bond donors (Lipinski definition) is 1. The van der Waals surface area contributed by atoms with Crippen LogP contribution in [0.3, 0.4) is 0 Å². The average Bonchev–Trinajstić information content (AvgIpc) is 2.58. The molecule has 0 bridgehead atoms.